The number of halogens is 2. The van der Waals surface area contributed by atoms with Crippen molar-refractivity contribution in [3.63, 3.8) is 0 Å². The van der Waals surface area contributed by atoms with E-state index in [9.17, 15) is 0 Å². The zero-order valence-electron chi connectivity index (χ0n) is 10.8. The molecule has 2 rings (SSSR count). The first-order valence-corrected chi connectivity index (χ1v) is 7.10. The van der Waals surface area contributed by atoms with Gasteiger partial charge in [0, 0.05) is 11.0 Å². The van der Waals surface area contributed by atoms with Crippen LogP contribution in [-0.4, -0.2) is 7.11 Å². The number of benzene rings is 2. The van der Waals surface area contributed by atoms with Crippen molar-refractivity contribution in [1.82, 2.24) is 0 Å². The summed E-state index contributed by atoms with van der Waals surface area (Å²) < 4.78 is 6.28. The molecule has 0 unspecified atom stereocenters. The van der Waals surface area contributed by atoms with Crippen molar-refractivity contribution in [1.29, 1.82) is 0 Å². The van der Waals surface area contributed by atoms with Crippen molar-refractivity contribution in [2.45, 2.75) is 13.5 Å². The maximum Gasteiger partial charge on any atom is 0.119 e. The van der Waals surface area contributed by atoms with Gasteiger partial charge in [0.15, 0.2) is 0 Å². The van der Waals surface area contributed by atoms with E-state index in [1.807, 2.05) is 43.3 Å². The lowest BCUT2D eigenvalue weighted by Gasteiger charge is -2.13. The molecule has 0 amide bonds. The highest BCUT2D eigenvalue weighted by molar-refractivity contribution is 9.10. The van der Waals surface area contributed by atoms with E-state index in [0.717, 1.165) is 32.1 Å². The zero-order chi connectivity index (χ0) is 13.8. The highest BCUT2D eigenvalue weighted by Crippen LogP contribution is 2.28. The normalized spacial score (nSPS) is 10.3. The molecule has 0 radical (unpaired) electrons. The highest BCUT2D eigenvalue weighted by atomic mass is 79.9. The average molecular weight is 341 g/mol. The summed E-state index contributed by atoms with van der Waals surface area (Å²) in [4.78, 5) is 0. The van der Waals surface area contributed by atoms with Gasteiger partial charge in [-0.05, 0) is 42.3 Å². The predicted octanol–water partition coefficient (Wildman–Crippen LogP) is 5.03. The predicted molar refractivity (Wildman–Crippen MR) is 84.2 cm³/mol. The maximum absolute atomic E-state index is 6.20. The molecule has 0 aromatic heterocycles. The Kier molecular flexibility index (Phi) is 4.72. The molecular formula is C15H15BrClNO. The third-order valence-corrected chi connectivity index (χ3v) is 4.02. The van der Waals surface area contributed by atoms with Gasteiger partial charge in [-0.1, -0.05) is 39.7 Å². The van der Waals surface area contributed by atoms with Crippen LogP contribution in [-0.2, 0) is 6.54 Å². The molecule has 100 valence electrons. The Morgan fingerprint density at radius 3 is 2.74 bits per heavy atom. The number of nitrogens with one attached hydrogen (secondary N) is 1. The molecule has 1 N–H and O–H groups in total. The number of ether oxygens (including phenoxy) is 1. The summed E-state index contributed by atoms with van der Waals surface area (Å²) in [6.45, 7) is 2.72. The minimum Gasteiger partial charge on any atom is -0.497 e. The molecule has 0 heterocycles. The van der Waals surface area contributed by atoms with E-state index in [1.54, 1.807) is 7.11 Å². The van der Waals surface area contributed by atoms with Crippen LogP contribution >= 0.6 is 27.5 Å². The first-order valence-electron chi connectivity index (χ1n) is 5.93. The highest BCUT2D eigenvalue weighted by Gasteiger charge is 2.06. The van der Waals surface area contributed by atoms with Crippen LogP contribution < -0.4 is 10.1 Å². The molecule has 0 aliphatic rings. The smallest absolute Gasteiger partial charge is 0.119 e. The molecule has 0 spiro atoms. The lowest BCUT2D eigenvalue weighted by molar-refractivity contribution is 0.414. The summed E-state index contributed by atoms with van der Waals surface area (Å²) >= 11 is 9.74. The molecule has 2 nitrogen and oxygen atoms in total. The van der Waals surface area contributed by atoms with E-state index < -0.39 is 0 Å². The molecule has 0 aliphatic carbocycles. The van der Waals surface area contributed by atoms with Crippen LogP contribution in [0.1, 0.15) is 11.1 Å². The van der Waals surface area contributed by atoms with Gasteiger partial charge in [0.1, 0.15) is 5.75 Å². The second-order valence-electron chi connectivity index (χ2n) is 4.24. The first kappa shape index (κ1) is 14.2. The van der Waals surface area contributed by atoms with Gasteiger partial charge >= 0.3 is 0 Å². The topological polar surface area (TPSA) is 21.3 Å². The van der Waals surface area contributed by atoms with E-state index in [0.29, 0.717) is 6.54 Å². The molecule has 0 saturated carbocycles. The summed E-state index contributed by atoms with van der Waals surface area (Å²) in [7, 11) is 1.67. The fraction of sp³-hybridized carbons (Fsp3) is 0.200. The molecule has 19 heavy (non-hydrogen) atoms. The monoisotopic (exact) mass is 339 g/mol. The minimum atomic E-state index is 0.683. The van der Waals surface area contributed by atoms with Gasteiger partial charge < -0.3 is 10.1 Å². The third kappa shape index (κ3) is 3.43. The van der Waals surface area contributed by atoms with E-state index >= 15 is 0 Å². The summed E-state index contributed by atoms with van der Waals surface area (Å²) in [5, 5.41) is 4.11. The van der Waals surface area contributed by atoms with Crippen molar-refractivity contribution in [2.24, 2.45) is 0 Å². The van der Waals surface area contributed by atoms with Gasteiger partial charge in [-0.3, -0.25) is 0 Å². The molecule has 0 fully saturated rings. The Morgan fingerprint density at radius 1 is 1.26 bits per heavy atom. The van der Waals surface area contributed by atoms with Crippen LogP contribution in [0, 0.1) is 6.92 Å². The summed E-state index contributed by atoms with van der Waals surface area (Å²) in [6.07, 6.45) is 0. The van der Waals surface area contributed by atoms with Crippen LogP contribution in [0.3, 0.4) is 0 Å². The largest absolute Gasteiger partial charge is 0.497 e. The van der Waals surface area contributed by atoms with Crippen LogP contribution in [0.2, 0.25) is 5.02 Å². The molecular weight excluding hydrogens is 326 g/mol. The number of aryl methyl sites for hydroxylation is 1. The molecule has 0 saturated heterocycles. The second-order valence-corrected chi connectivity index (χ2v) is 5.50. The Balaban J connectivity index is 2.19. The third-order valence-electron chi connectivity index (χ3n) is 2.93. The van der Waals surface area contributed by atoms with Gasteiger partial charge in [-0.25, -0.2) is 0 Å². The maximum atomic E-state index is 6.20. The van der Waals surface area contributed by atoms with Gasteiger partial charge in [-0.15, -0.1) is 0 Å². The molecule has 0 aliphatic heterocycles. The standard InChI is InChI=1S/C15H15BrClNO/c1-10-4-3-5-14(17)15(10)18-9-11-8-12(19-2)6-7-13(11)16/h3-8,18H,9H2,1-2H3. The second kappa shape index (κ2) is 6.31. The fourth-order valence-electron chi connectivity index (χ4n) is 1.85. The summed E-state index contributed by atoms with van der Waals surface area (Å²) in [5.41, 5.74) is 3.23. The van der Waals surface area contributed by atoms with Crippen molar-refractivity contribution < 1.29 is 4.74 Å². The zero-order valence-corrected chi connectivity index (χ0v) is 13.2. The lowest BCUT2D eigenvalue weighted by Crippen LogP contribution is -2.02. The van der Waals surface area contributed by atoms with E-state index in [2.05, 4.69) is 21.2 Å². The Morgan fingerprint density at radius 2 is 2.05 bits per heavy atom. The summed E-state index contributed by atoms with van der Waals surface area (Å²) in [5.74, 6) is 0.843. The quantitative estimate of drug-likeness (QED) is 0.842. The molecule has 2 aromatic carbocycles. The Bertz CT molecular complexity index is 566. The minimum absolute atomic E-state index is 0.683. The average Bonchev–Trinajstić information content (AvgIpc) is 2.40. The van der Waals surface area contributed by atoms with Gasteiger partial charge in [0.25, 0.3) is 0 Å². The lowest BCUT2D eigenvalue weighted by atomic mass is 10.1. The van der Waals surface area contributed by atoms with Crippen LogP contribution in [0.15, 0.2) is 40.9 Å². The van der Waals surface area contributed by atoms with Gasteiger partial charge in [0.05, 0.1) is 17.8 Å². The summed E-state index contributed by atoms with van der Waals surface area (Å²) in [6, 6.07) is 11.8. The van der Waals surface area contributed by atoms with Crippen LogP contribution in [0.25, 0.3) is 0 Å². The first-order chi connectivity index (χ1) is 9.11. The van der Waals surface area contributed by atoms with E-state index in [-0.39, 0.29) is 0 Å². The van der Waals surface area contributed by atoms with Crippen molar-refractivity contribution in [3.8, 4) is 5.75 Å². The number of rotatable bonds is 4. The Hall–Kier alpha value is -1.19. The number of para-hydroxylation sites is 1. The van der Waals surface area contributed by atoms with Gasteiger partial charge in [-0.2, -0.15) is 0 Å². The number of anilines is 1. The Labute approximate surface area is 126 Å². The number of hydrogen-bond donors (Lipinski definition) is 1. The van der Waals surface area contributed by atoms with Crippen molar-refractivity contribution in [3.05, 3.63) is 57.0 Å². The van der Waals surface area contributed by atoms with Crippen molar-refractivity contribution in [2.75, 3.05) is 12.4 Å². The number of hydrogen-bond acceptors (Lipinski definition) is 2. The van der Waals surface area contributed by atoms with Crippen LogP contribution in [0.4, 0.5) is 5.69 Å². The molecule has 0 atom stereocenters. The SMILES string of the molecule is COc1ccc(Br)c(CNc2c(C)cccc2Cl)c1. The van der Waals surface area contributed by atoms with Crippen molar-refractivity contribution >= 4 is 33.2 Å². The van der Waals surface area contributed by atoms with E-state index in [1.165, 1.54) is 0 Å². The molecule has 2 aromatic rings. The molecule has 4 heteroatoms. The number of methoxy groups -OCH3 is 1. The van der Waals surface area contributed by atoms with Gasteiger partial charge in [0.2, 0.25) is 0 Å². The molecule has 0 bridgehead atoms. The van der Waals surface area contributed by atoms with Crippen LogP contribution in [0.5, 0.6) is 5.75 Å². The fourth-order valence-corrected chi connectivity index (χ4v) is 2.53. The van der Waals surface area contributed by atoms with E-state index in [4.69, 9.17) is 16.3 Å².